The molecule has 4 rings (SSSR count). The molecule has 0 saturated heterocycles. The molecular formula is C28H34N4O3. The van der Waals surface area contributed by atoms with Crippen molar-refractivity contribution in [1.29, 1.82) is 0 Å². The number of nitrogens with one attached hydrogen (secondary N) is 2. The third kappa shape index (κ3) is 5.96. The van der Waals surface area contributed by atoms with Crippen LogP contribution in [0.4, 0.5) is 5.82 Å². The van der Waals surface area contributed by atoms with E-state index in [0.29, 0.717) is 23.1 Å². The van der Waals surface area contributed by atoms with Crippen LogP contribution in [0.15, 0.2) is 48.5 Å². The molecule has 1 atom stereocenters. The molecule has 0 unspecified atom stereocenters. The van der Waals surface area contributed by atoms with E-state index in [0.717, 1.165) is 10.9 Å². The van der Waals surface area contributed by atoms with Crippen LogP contribution in [0.3, 0.4) is 0 Å². The van der Waals surface area contributed by atoms with E-state index in [-0.39, 0.29) is 24.3 Å². The minimum absolute atomic E-state index is 0.00379. The second-order valence-corrected chi connectivity index (χ2v) is 9.53. The van der Waals surface area contributed by atoms with Crippen LogP contribution in [0.25, 0.3) is 10.9 Å². The zero-order valence-corrected chi connectivity index (χ0v) is 20.7. The van der Waals surface area contributed by atoms with Gasteiger partial charge in [-0.25, -0.2) is 14.8 Å². The molecule has 1 aliphatic rings. The SMILES string of the molecule is COC(=O)[C@@H](Nc1nc(CNC(=O)c2ccc(C3CCCCC3)cc2)nc2ccccc12)C(C)C. The van der Waals surface area contributed by atoms with E-state index in [1.165, 1.54) is 44.8 Å². The zero-order chi connectivity index (χ0) is 24.8. The lowest BCUT2D eigenvalue weighted by molar-refractivity contribution is -0.142. The molecule has 0 bridgehead atoms. The van der Waals surface area contributed by atoms with Crippen LogP contribution in [0.1, 0.15) is 73.6 Å². The summed E-state index contributed by atoms with van der Waals surface area (Å²) in [6.45, 7) is 4.06. The third-order valence-electron chi connectivity index (χ3n) is 6.72. The van der Waals surface area contributed by atoms with Gasteiger partial charge in [-0.3, -0.25) is 4.79 Å². The number of para-hydroxylation sites is 1. The molecule has 1 amide bonds. The number of carbonyl (C=O) groups is 2. The Morgan fingerprint density at radius 3 is 2.40 bits per heavy atom. The first-order chi connectivity index (χ1) is 17.0. The number of methoxy groups -OCH3 is 1. The van der Waals surface area contributed by atoms with Crippen molar-refractivity contribution in [2.24, 2.45) is 5.92 Å². The number of hydrogen-bond donors (Lipinski definition) is 2. The number of anilines is 1. The number of nitrogens with zero attached hydrogens (tertiary/aromatic N) is 2. The van der Waals surface area contributed by atoms with E-state index in [9.17, 15) is 9.59 Å². The lowest BCUT2D eigenvalue weighted by Gasteiger charge is -2.22. The largest absolute Gasteiger partial charge is 0.467 e. The standard InChI is InChI=1S/C28H34N4O3/c1-18(2)25(28(34)35-3)32-26-22-11-7-8-12-23(22)30-24(31-26)17-29-27(33)21-15-13-20(14-16-21)19-9-5-4-6-10-19/h7-8,11-16,18-19,25H,4-6,9-10,17H2,1-3H3,(H,29,33)(H,30,31,32)/t25-/m0/s1. The summed E-state index contributed by atoms with van der Waals surface area (Å²) < 4.78 is 4.96. The van der Waals surface area contributed by atoms with Crippen molar-refractivity contribution in [1.82, 2.24) is 15.3 Å². The highest BCUT2D eigenvalue weighted by Gasteiger charge is 2.24. The van der Waals surface area contributed by atoms with E-state index < -0.39 is 6.04 Å². The van der Waals surface area contributed by atoms with Gasteiger partial charge in [-0.2, -0.15) is 0 Å². The van der Waals surface area contributed by atoms with E-state index in [4.69, 9.17) is 4.74 Å². The topological polar surface area (TPSA) is 93.2 Å². The number of benzene rings is 2. The first-order valence-electron chi connectivity index (χ1n) is 12.4. The lowest BCUT2D eigenvalue weighted by atomic mass is 9.84. The molecule has 35 heavy (non-hydrogen) atoms. The van der Waals surface area contributed by atoms with Crippen molar-refractivity contribution in [2.75, 3.05) is 12.4 Å². The van der Waals surface area contributed by atoms with Gasteiger partial charge in [0.2, 0.25) is 0 Å². The molecule has 0 radical (unpaired) electrons. The summed E-state index contributed by atoms with van der Waals surface area (Å²) in [4.78, 5) is 34.3. The molecule has 3 aromatic rings. The Morgan fingerprint density at radius 2 is 1.71 bits per heavy atom. The summed E-state index contributed by atoms with van der Waals surface area (Å²) in [7, 11) is 1.38. The van der Waals surface area contributed by atoms with Gasteiger partial charge in [0, 0.05) is 10.9 Å². The fraction of sp³-hybridized carbons (Fsp3) is 0.429. The van der Waals surface area contributed by atoms with Crippen molar-refractivity contribution < 1.29 is 14.3 Å². The van der Waals surface area contributed by atoms with Crippen molar-refractivity contribution in [2.45, 2.75) is 64.5 Å². The fourth-order valence-corrected chi connectivity index (χ4v) is 4.69. The number of aromatic nitrogens is 2. The molecule has 0 aliphatic heterocycles. The maximum absolute atomic E-state index is 12.8. The van der Waals surface area contributed by atoms with Gasteiger partial charge >= 0.3 is 5.97 Å². The van der Waals surface area contributed by atoms with Gasteiger partial charge in [0.1, 0.15) is 11.9 Å². The summed E-state index contributed by atoms with van der Waals surface area (Å²) >= 11 is 0. The molecule has 7 heteroatoms. The summed E-state index contributed by atoms with van der Waals surface area (Å²) in [6, 6.07) is 15.0. The van der Waals surface area contributed by atoms with Gasteiger partial charge in [-0.05, 0) is 54.5 Å². The van der Waals surface area contributed by atoms with E-state index >= 15 is 0 Å². The van der Waals surface area contributed by atoms with E-state index in [1.807, 2.05) is 50.2 Å². The van der Waals surface area contributed by atoms with Crippen LogP contribution in [-0.4, -0.2) is 35.0 Å². The number of hydrogen-bond acceptors (Lipinski definition) is 6. The molecule has 1 fully saturated rings. The first-order valence-corrected chi connectivity index (χ1v) is 12.4. The summed E-state index contributed by atoms with van der Waals surface area (Å²) in [5.74, 6) is 1.09. The second kappa shape index (κ2) is 11.3. The normalized spacial score (nSPS) is 15.1. The Labute approximate surface area is 206 Å². The molecule has 1 saturated carbocycles. The van der Waals surface area contributed by atoms with Crippen LogP contribution in [0, 0.1) is 5.92 Å². The second-order valence-electron chi connectivity index (χ2n) is 9.53. The van der Waals surface area contributed by atoms with Crippen molar-refractivity contribution >= 4 is 28.6 Å². The van der Waals surface area contributed by atoms with Gasteiger partial charge in [0.05, 0.1) is 19.2 Å². The number of esters is 1. The van der Waals surface area contributed by atoms with Gasteiger partial charge in [-0.15, -0.1) is 0 Å². The molecule has 2 N–H and O–H groups in total. The first kappa shape index (κ1) is 24.6. The van der Waals surface area contributed by atoms with Gasteiger partial charge in [-0.1, -0.05) is 57.4 Å². The fourth-order valence-electron chi connectivity index (χ4n) is 4.69. The lowest BCUT2D eigenvalue weighted by Crippen LogP contribution is -2.36. The summed E-state index contributed by atoms with van der Waals surface area (Å²) in [6.07, 6.45) is 6.36. The predicted octanol–water partition coefficient (Wildman–Crippen LogP) is 5.22. The highest BCUT2D eigenvalue weighted by molar-refractivity contribution is 5.94. The molecule has 184 valence electrons. The Balaban J connectivity index is 1.49. The Hall–Kier alpha value is -3.48. The zero-order valence-electron chi connectivity index (χ0n) is 20.7. The monoisotopic (exact) mass is 474 g/mol. The number of amides is 1. The molecule has 1 aliphatic carbocycles. The molecular weight excluding hydrogens is 440 g/mol. The van der Waals surface area contributed by atoms with Crippen LogP contribution in [0.2, 0.25) is 0 Å². The average molecular weight is 475 g/mol. The van der Waals surface area contributed by atoms with Crippen LogP contribution < -0.4 is 10.6 Å². The third-order valence-corrected chi connectivity index (χ3v) is 6.72. The Bertz CT molecular complexity index is 1170. The predicted molar refractivity (Wildman–Crippen MR) is 137 cm³/mol. The molecule has 1 heterocycles. The summed E-state index contributed by atoms with van der Waals surface area (Å²) in [5.41, 5.74) is 2.67. The van der Waals surface area contributed by atoms with Crippen molar-refractivity contribution in [3.05, 3.63) is 65.5 Å². The van der Waals surface area contributed by atoms with Crippen LogP contribution in [0.5, 0.6) is 0 Å². The Kier molecular flexibility index (Phi) is 7.95. The number of fused-ring (bicyclic) bond motifs is 1. The van der Waals surface area contributed by atoms with Gasteiger partial charge in [0.15, 0.2) is 5.82 Å². The molecule has 2 aromatic carbocycles. The van der Waals surface area contributed by atoms with E-state index in [2.05, 4.69) is 32.7 Å². The number of ether oxygens (including phenoxy) is 1. The maximum Gasteiger partial charge on any atom is 0.328 e. The molecule has 7 nitrogen and oxygen atoms in total. The van der Waals surface area contributed by atoms with Gasteiger partial charge in [0.25, 0.3) is 5.91 Å². The Morgan fingerprint density at radius 1 is 1.00 bits per heavy atom. The minimum atomic E-state index is -0.552. The number of rotatable bonds is 8. The average Bonchev–Trinajstić information content (AvgIpc) is 2.90. The summed E-state index contributed by atoms with van der Waals surface area (Å²) in [5, 5.41) is 6.97. The van der Waals surface area contributed by atoms with Crippen LogP contribution in [-0.2, 0) is 16.1 Å². The highest BCUT2D eigenvalue weighted by atomic mass is 16.5. The van der Waals surface area contributed by atoms with Gasteiger partial charge < -0.3 is 15.4 Å². The number of carbonyl (C=O) groups excluding carboxylic acids is 2. The molecule has 0 spiro atoms. The van der Waals surface area contributed by atoms with Crippen LogP contribution >= 0.6 is 0 Å². The minimum Gasteiger partial charge on any atom is -0.467 e. The van der Waals surface area contributed by atoms with Crippen molar-refractivity contribution in [3.8, 4) is 0 Å². The molecule has 1 aromatic heterocycles. The quantitative estimate of drug-likeness (QED) is 0.435. The van der Waals surface area contributed by atoms with E-state index in [1.54, 1.807) is 0 Å². The highest BCUT2D eigenvalue weighted by Crippen LogP contribution is 2.32. The maximum atomic E-state index is 12.8. The van der Waals surface area contributed by atoms with Crippen molar-refractivity contribution in [3.63, 3.8) is 0 Å². The smallest absolute Gasteiger partial charge is 0.328 e.